The molecule has 4 saturated carbocycles. The second-order valence-electron chi connectivity index (χ2n) is 8.47. The molecule has 4 bridgehead atoms. The maximum absolute atomic E-state index is 12.2. The minimum atomic E-state index is -0.792. The zero-order valence-electron chi connectivity index (χ0n) is 15.3. The number of carboxylic acid groups (broad SMARTS) is 1. The minimum Gasteiger partial charge on any atom is -0.481 e. The van der Waals surface area contributed by atoms with E-state index < -0.39 is 5.97 Å². The molecular weight excluding hydrogens is 330 g/mol. The monoisotopic (exact) mass is 359 g/mol. The average Bonchev–Trinajstić information content (AvgIpc) is 2.57. The average molecular weight is 359 g/mol. The summed E-state index contributed by atoms with van der Waals surface area (Å²) in [4.78, 5) is 22.6. The van der Waals surface area contributed by atoms with Crippen LogP contribution in [-0.4, -0.2) is 29.1 Å². The van der Waals surface area contributed by atoms with Crippen molar-refractivity contribution in [3.05, 3.63) is 11.8 Å². The quantitative estimate of drug-likeness (QED) is 0.334. The second-order valence-corrected chi connectivity index (χ2v) is 8.47. The Bertz CT molecular complexity index is 585. The molecule has 0 atom stereocenters. The molecule has 0 aromatic carbocycles. The molecule has 0 aromatic heterocycles. The lowest BCUT2D eigenvalue weighted by atomic mass is 9.53. The van der Waals surface area contributed by atoms with Crippen molar-refractivity contribution in [2.24, 2.45) is 17.8 Å². The van der Waals surface area contributed by atoms with Gasteiger partial charge in [-0.2, -0.15) is 5.26 Å². The van der Waals surface area contributed by atoms with Crippen LogP contribution in [0.4, 0.5) is 0 Å². The van der Waals surface area contributed by atoms with Crippen molar-refractivity contribution in [1.29, 1.82) is 5.26 Å². The summed E-state index contributed by atoms with van der Waals surface area (Å²) in [6.45, 7) is 0.467. The van der Waals surface area contributed by atoms with E-state index in [2.05, 4.69) is 10.6 Å². The molecule has 0 heterocycles. The number of nitrogens with zero attached hydrogens (tertiary/aromatic N) is 1. The third-order valence-corrected chi connectivity index (χ3v) is 6.28. The van der Waals surface area contributed by atoms with Gasteiger partial charge in [-0.3, -0.25) is 9.59 Å². The van der Waals surface area contributed by atoms with Gasteiger partial charge in [0, 0.05) is 24.7 Å². The van der Waals surface area contributed by atoms with Gasteiger partial charge in [0.25, 0.3) is 5.91 Å². The van der Waals surface area contributed by atoms with E-state index in [9.17, 15) is 14.9 Å². The normalized spacial score (nSPS) is 32.1. The first-order chi connectivity index (χ1) is 12.5. The fourth-order valence-corrected chi connectivity index (χ4v) is 5.54. The Morgan fingerprint density at radius 2 is 1.69 bits per heavy atom. The van der Waals surface area contributed by atoms with Gasteiger partial charge in [-0.1, -0.05) is 6.42 Å². The van der Waals surface area contributed by atoms with Crippen LogP contribution >= 0.6 is 0 Å². The molecule has 0 unspecified atom stereocenters. The highest BCUT2D eigenvalue weighted by Crippen LogP contribution is 2.55. The van der Waals surface area contributed by atoms with Gasteiger partial charge in [-0.25, -0.2) is 0 Å². The molecule has 6 nitrogen and oxygen atoms in total. The van der Waals surface area contributed by atoms with E-state index in [1.807, 2.05) is 6.07 Å². The lowest BCUT2D eigenvalue weighted by Crippen LogP contribution is -2.57. The molecule has 0 radical (unpaired) electrons. The van der Waals surface area contributed by atoms with Gasteiger partial charge in [0.2, 0.25) is 0 Å². The Labute approximate surface area is 155 Å². The first-order valence-corrected chi connectivity index (χ1v) is 9.87. The molecule has 142 valence electrons. The van der Waals surface area contributed by atoms with Gasteiger partial charge in [0.1, 0.15) is 11.6 Å². The molecule has 1 amide bonds. The van der Waals surface area contributed by atoms with Gasteiger partial charge >= 0.3 is 5.97 Å². The number of nitriles is 1. The zero-order valence-corrected chi connectivity index (χ0v) is 15.3. The third kappa shape index (κ3) is 4.57. The van der Waals surface area contributed by atoms with Gasteiger partial charge < -0.3 is 15.7 Å². The molecule has 0 aliphatic heterocycles. The lowest BCUT2D eigenvalue weighted by Gasteiger charge is -2.56. The smallest absolute Gasteiger partial charge is 0.303 e. The summed E-state index contributed by atoms with van der Waals surface area (Å²) < 4.78 is 0. The van der Waals surface area contributed by atoms with Gasteiger partial charge in [-0.15, -0.1) is 0 Å². The Morgan fingerprint density at radius 1 is 1.08 bits per heavy atom. The molecule has 4 aliphatic carbocycles. The lowest BCUT2D eigenvalue weighted by molar-refractivity contribution is -0.137. The van der Waals surface area contributed by atoms with Gasteiger partial charge in [-0.05, 0) is 69.1 Å². The standard InChI is InChI=1S/C20H29N3O3/c21-12-17(19(26)22-5-3-1-2-4-18(24)25)13-23-20-9-14-6-15(10-20)8-16(7-14)11-20/h13-16,23H,1-11H2,(H,22,26)(H,24,25)/b17-13-. The van der Waals surface area contributed by atoms with Crippen molar-refractivity contribution in [1.82, 2.24) is 10.6 Å². The number of aliphatic carboxylic acids is 1. The molecule has 4 rings (SSSR count). The number of rotatable bonds is 9. The van der Waals surface area contributed by atoms with E-state index in [0.29, 0.717) is 13.0 Å². The molecule has 6 heteroatoms. The summed E-state index contributed by atoms with van der Waals surface area (Å²) in [6, 6.07) is 2.01. The van der Waals surface area contributed by atoms with Crippen LogP contribution in [0.5, 0.6) is 0 Å². The maximum atomic E-state index is 12.2. The highest BCUT2D eigenvalue weighted by atomic mass is 16.4. The number of amides is 1. The predicted molar refractivity (Wildman–Crippen MR) is 96.8 cm³/mol. The number of carbonyl (C=O) groups excluding carboxylic acids is 1. The third-order valence-electron chi connectivity index (χ3n) is 6.28. The molecular formula is C20H29N3O3. The number of hydrogen-bond acceptors (Lipinski definition) is 4. The number of unbranched alkanes of at least 4 members (excludes halogenated alkanes) is 2. The Kier molecular flexibility index (Phi) is 5.85. The number of nitrogens with one attached hydrogen (secondary N) is 2. The van der Waals surface area contributed by atoms with Crippen molar-refractivity contribution in [2.75, 3.05) is 6.54 Å². The fraction of sp³-hybridized carbons (Fsp3) is 0.750. The predicted octanol–water partition coefficient (Wildman–Crippen LogP) is 2.71. The number of hydrogen-bond donors (Lipinski definition) is 3. The molecule has 4 aliphatic rings. The van der Waals surface area contributed by atoms with Gasteiger partial charge in [0.05, 0.1) is 0 Å². The highest BCUT2D eigenvalue weighted by molar-refractivity contribution is 5.97. The van der Waals surface area contributed by atoms with Crippen LogP contribution in [0.15, 0.2) is 11.8 Å². The van der Waals surface area contributed by atoms with Crippen molar-refractivity contribution in [3.63, 3.8) is 0 Å². The largest absolute Gasteiger partial charge is 0.481 e. The Morgan fingerprint density at radius 3 is 2.23 bits per heavy atom. The van der Waals surface area contributed by atoms with Crippen LogP contribution in [0.25, 0.3) is 0 Å². The summed E-state index contributed by atoms with van der Waals surface area (Å²) in [5.41, 5.74) is 0.222. The van der Waals surface area contributed by atoms with Crippen LogP contribution in [0.3, 0.4) is 0 Å². The van der Waals surface area contributed by atoms with Crippen molar-refractivity contribution < 1.29 is 14.7 Å². The first kappa shape index (κ1) is 18.8. The van der Waals surface area contributed by atoms with Crippen molar-refractivity contribution in [3.8, 4) is 6.07 Å². The molecule has 0 spiro atoms. The molecule has 4 fully saturated rings. The summed E-state index contributed by atoms with van der Waals surface area (Å²) in [6.07, 6.45) is 11.5. The van der Waals surface area contributed by atoms with Crippen LogP contribution in [0.1, 0.15) is 64.2 Å². The summed E-state index contributed by atoms with van der Waals surface area (Å²) in [5, 5.41) is 24.2. The van der Waals surface area contributed by atoms with Crippen LogP contribution < -0.4 is 10.6 Å². The van der Waals surface area contributed by atoms with Crippen LogP contribution in [0.2, 0.25) is 0 Å². The van der Waals surface area contributed by atoms with E-state index in [1.54, 1.807) is 6.20 Å². The highest BCUT2D eigenvalue weighted by Gasteiger charge is 2.50. The van der Waals surface area contributed by atoms with E-state index >= 15 is 0 Å². The Hall–Kier alpha value is -2.03. The SMILES string of the molecule is N#C/C(=C/NC12CC3CC(CC(C3)C1)C2)C(=O)NCCCCCC(=O)O. The topological polar surface area (TPSA) is 102 Å². The van der Waals surface area contributed by atoms with Gasteiger partial charge in [0.15, 0.2) is 0 Å². The van der Waals surface area contributed by atoms with E-state index in [1.165, 1.54) is 38.5 Å². The minimum absolute atomic E-state index is 0.0912. The second kappa shape index (κ2) is 8.11. The molecule has 0 saturated heterocycles. The zero-order chi connectivity index (χ0) is 18.6. The first-order valence-electron chi connectivity index (χ1n) is 9.87. The summed E-state index contributed by atoms with van der Waals surface area (Å²) in [7, 11) is 0. The summed E-state index contributed by atoms with van der Waals surface area (Å²) >= 11 is 0. The maximum Gasteiger partial charge on any atom is 0.303 e. The van der Waals surface area contributed by atoms with Crippen LogP contribution in [-0.2, 0) is 9.59 Å². The fourth-order valence-electron chi connectivity index (χ4n) is 5.54. The van der Waals surface area contributed by atoms with Crippen LogP contribution in [0, 0.1) is 29.1 Å². The number of carboxylic acids is 1. The van der Waals surface area contributed by atoms with Crippen molar-refractivity contribution in [2.45, 2.75) is 69.7 Å². The van der Waals surface area contributed by atoms with E-state index in [0.717, 1.165) is 30.6 Å². The summed E-state index contributed by atoms with van der Waals surface area (Å²) in [5.74, 6) is 1.30. The van der Waals surface area contributed by atoms with E-state index in [-0.39, 0.29) is 23.4 Å². The van der Waals surface area contributed by atoms with Crippen molar-refractivity contribution >= 4 is 11.9 Å². The van der Waals surface area contributed by atoms with E-state index in [4.69, 9.17) is 5.11 Å². The molecule has 26 heavy (non-hydrogen) atoms. The Balaban J connectivity index is 1.45. The number of carbonyl (C=O) groups is 2. The molecule has 3 N–H and O–H groups in total. The molecule has 0 aromatic rings.